The molecule has 0 saturated carbocycles. The number of hydrogen-bond donors (Lipinski definition) is 1. The van der Waals surface area contributed by atoms with Gasteiger partial charge >= 0.3 is 0 Å². The molecular weight excluding hydrogens is 390 g/mol. The van der Waals surface area contributed by atoms with Crippen molar-refractivity contribution in [3.05, 3.63) is 68.2 Å². The molecular formula is C17H16BrN3O4. The number of ether oxygens (including phenoxy) is 1. The van der Waals surface area contributed by atoms with Crippen molar-refractivity contribution in [2.24, 2.45) is 5.10 Å². The van der Waals surface area contributed by atoms with Gasteiger partial charge in [-0.3, -0.25) is 14.9 Å². The van der Waals surface area contributed by atoms with E-state index in [9.17, 15) is 14.9 Å². The molecule has 0 radical (unpaired) electrons. The fourth-order valence-electron chi connectivity index (χ4n) is 1.90. The molecule has 0 heterocycles. The highest BCUT2D eigenvalue weighted by Crippen LogP contribution is 2.28. The Morgan fingerprint density at radius 2 is 1.96 bits per heavy atom. The molecule has 0 aliphatic carbocycles. The first-order chi connectivity index (χ1) is 11.9. The van der Waals surface area contributed by atoms with Crippen LogP contribution in [0.4, 0.5) is 5.69 Å². The predicted octanol–water partition coefficient (Wildman–Crippen LogP) is 3.58. The van der Waals surface area contributed by atoms with Crippen molar-refractivity contribution in [3.63, 3.8) is 0 Å². The van der Waals surface area contributed by atoms with E-state index in [2.05, 4.69) is 26.5 Å². The summed E-state index contributed by atoms with van der Waals surface area (Å²) < 4.78 is 5.73. The molecule has 130 valence electrons. The zero-order valence-corrected chi connectivity index (χ0v) is 15.2. The topological polar surface area (TPSA) is 93.8 Å². The number of aryl methyl sites for hydroxylation is 1. The van der Waals surface area contributed by atoms with E-state index in [0.717, 1.165) is 11.1 Å². The van der Waals surface area contributed by atoms with E-state index in [1.165, 1.54) is 18.2 Å². The van der Waals surface area contributed by atoms with Crippen LogP contribution in [0, 0.1) is 17.0 Å². The third kappa shape index (κ3) is 5.39. The van der Waals surface area contributed by atoms with Gasteiger partial charge in [-0.1, -0.05) is 29.8 Å². The Bertz CT molecular complexity index is 819. The van der Waals surface area contributed by atoms with Gasteiger partial charge in [-0.25, -0.2) is 5.43 Å². The summed E-state index contributed by atoms with van der Waals surface area (Å²) in [7, 11) is 0. The number of nitrogens with one attached hydrogen (secondary N) is 1. The standard InChI is InChI=1S/C17H16BrN3O4/c1-11-3-5-13(6-4-11)12(2)19-20-17(22)10-25-16-8-7-14(21(23)24)9-15(16)18/h3-9H,10H2,1-2H3,(H,20,22). The minimum Gasteiger partial charge on any atom is -0.483 e. The highest BCUT2D eigenvalue weighted by atomic mass is 79.9. The second-order valence-electron chi connectivity index (χ2n) is 5.26. The number of halogens is 1. The number of nitrogens with zero attached hydrogens (tertiary/aromatic N) is 2. The maximum Gasteiger partial charge on any atom is 0.277 e. The number of hydrazone groups is 1. The third-order valence-electron chi connectivity index (χ3n) is 3.30. The SMILES string of the molecule is CC(=NNC(=O)COc1ccc([N+](=O)[O-])cc1Br)c1ccc(C)cc1. The maximum atomic E-state index is 11.8. The van der Waals surface area contributed by atoms with E-state index in [-0.39, 0.29) is 12.3 Å². The number of amides is 1. The van der Waals surface area contributed by atoms with Crippen LogP contribution in [-0.4, -0.2) is 23.1 Å². The van der Waals surface area contributed by atoms with Gasteiger partial charge in [0, 0.05) is 12.1 Å². The summed E-state index contributed by atoms with van der Waals surface area (Å²) in [5.41, 5.74) is 5.07. The highest BCUT2D eigenvalue weighted by molar-refractivity contribution is 9.10. The molecule has 2 aromatic rings. The summed E-state index contributed by atoms with van der Waals surface area (Å²) in [4.78, 5) is 22.0. The summed E-state index contributed by atoms with van der Waals surface area (Å²) in [5.74, 6) is -0.100. The van der Waals surface area contributed by atoms with E-state index in [1.54, 1.807) is 6.92 Å². The molecule has 0 spiro atoms. The van der Waals surface area contributed by atoms with Gasteiger partial charge in [0.1, 0.15) is 5.75 Å². The fourth-order valence-corrected chi connectivity index (χ4v) is 2.38. The van der Waals surface area contributed by atoms with Crippen molar-refractivity contribution in [2.45, 2.75) is 13.8 Å². The number of carbonyl (C=O) groups excluding carboxylic acids is 1. The molecule has 1 amide bonds. The number of hydrogen-bond acceptors (Lipinski definition) is 5. The molecule has 0 unspecified atom stereocenters. The average Bonchev–Trinajstić information content (AvgIpc) is 2.59. The lowest BCUT2D eigenvalue weighted by Gasteiger charge is -2.07. The minimum absolute atomic E-state index is 0.0676. The lowest BCUT2D eigenvalue weighted by molar-refractivity contribution is -0.384. The molecule has 0 fully saturated rings. The fraction of sp³-hybridized carbons (Fsp3) is 0.176. The molecule has 1 N–H and O–H groups in total. The van der Waals surface area contributed by atoms with E-state index in [4.69, 9.17) is 4.74 Å². The van der Waals surface area contributed by atoms with Crippen LogP contribution in [-0.2, 0) is 4.79 Å². The minimum atomic E-state index is -0.510. The van der Waals surface area contributed by atoms with E-state index in [0.29, 0.717) is 15.9 Å². The first-order valence-corrected chi connectivity index (χ1v) is 8.13. The summed E-state index contributed by atoms with van der Waals surface area (Å²) in [5, 5.41) is 14.7. The molecule has 7 nitrogen and oxygen atoms in total. The molecule has 0 aromatic heterocycles. The lowest BCUT2D eigenvalue weighted by atomic mass is 10.1. The number of benzene rings is 2. The average molecular weight is 406 g/mol. The van der Waals surface area contributed by atoms with Crippen molar-refractivity contribution in [3.8, 4) is 5.75 Å². The number of carbonyl (C=O) groups is 1. The second-order valence-corrected chi connectivity index (χ2v) is 6.11. The van der Waals surface area contributed by atoms with Gasteiger partial charge in [-0.2, -0.15) is 5.10 Å². The smallest absolute Gasteiger partial charge is 0.277 e. The van der Waals surface area contributed by atoms with Crippen molar-refractivity contribution in [2.75, 3.05) is 6.61 Å². The van der Waals surface area contributed by atoms with Crippen LogP contribution in [0.5, 0.6) is 5.75 Å². The number of nitro benzene ring substituents is 1. The largest absolute Gasteiger partial charge is 0.483 e. The quantitative estimate of drug-likeness (QED) is 0.451. The van der Waals surface area contributed by atoms with Crippen LogP contribution in [0.1, 0.15) is 18.1 Å². The van der Waals surface area contributed by atoms with Crippen molar-refractivity contribution >= 4 is 33.2 Å². The highest BCUT2D eigenvalue weighted by Gasteiger charge is 2.11. The van der Waals surface area contributed by atoms with Crippen molar-refractivity contribution < 1.29 is 14.5 Å². The normalized spacial score (nSPS) is 11.1. The molecule has 2 aromatic carbocycles. The van der Waals surface area contributed by atoms with E-state index in [1.807, 2.05) is 31.2 Å². The Kier molecular flexibility index (Phi) is 6.24. The van der Waals surface area contributed by atoms with E-state index >= 15 is 0 Å². The van der Waals surface area contributed by atoms with Gasteiger partial charge in [-0.15, -0.1) is 0 Å². The van der Waals surface area contributed by atoms with Gasteiger partial charge < -0.3 is 4.74 Å². The number of rotatable bonds is 6. The molecule has 0 bridgehead atoms. The maximum absolute atomic E-state index is 11.8. The van der Waals surface area contributed by atoms with Crippen LogP contribution in [0.15, 0.2) is 52.0 Å². The predicted molar refractivity (Wildman–Crippen MR) is 97.8 cm³/mol. The zero-order valence-electron chi connectivity index (χ0n) is 13.7. The van der Waals surface area contributed by atoms with Gasteiger partial charge in [0.25, 0.3) is 11.6 Å². The van der Waals surface area contributed by atoms with Gasteiger partial charge in [-0.05, 0) is 41.4 Å². The molecule has 0 atom stereocenters. The summed E-state index contributed by atoms with van der Waals surface area (Å²) in [6.07, 6.45) is 0. The van der Waals surface area contributed by atoms with E-state index < -0.39 is 10.8 Å². The lowest BCUT2D eigenvalue weighted by Crippen LogP contribution is -2.25. The van der Waals surface area contributed by atoms with Crippen LogP contribution in [0.3, 0.4) is 0 Å². The summed E-state index contributed by atoms with van der Waals surface area (Å²) in [6, 6.07) is 11.8. The van der Waals surface area contributed by atoms with Crippen molar-refractivity contribution in [1.82, 2.24) is 5.43 Å². The number of nitro groups is 1. The molecule has 2 rings (SSSR count). The van der Waals surface area contributed by atoms with Gasteiger partial charge in [0.15, 0.2) is 6.61 Å². The Balaban J connectivity index is 1.91. The Hall–Kier alpha value is -2.74. The number of non-ortho nitro benzene ring substituents is 1. The molecule has 0 aliphatic rings. The monoisotopic (exact) mass is 405 g/mol. The third-order valence-corrected chi connectivity index (χ3v) is 3.92. The second kappa shape index (κ2) is 8.39. The van der Waals surface area contributed by atoms with Gasteiger partial charge in [0.05, 0.1) is 15.1 Å². The Labute approximate surface area is 153 Å². The molecule has 8 heteroatoms. The molecule has 0 saturated heterocycles. The summed E-state index contributed by atoms with van der Waals surface area (Å²) in [6.45, 7) is 3.52. The van der Waals surface area contributed by atoms with Crippen LogP contribution in [0.25, 0.3) is 0 Å². The summed E-state index contributed by atoms with van der Waals surface area (Å²) >= 11 is 3.18. The van der Waals surface area contributed by atoms with Crippen molar-refractivity contribution in [1.29, 1.82) is 0 Å². The molecule has 0 aliphatic heterocycles. The van der Waals surface area contributed by atoms with Crippen LogP contribution < -0.4 is 10.2 Å². The first kappa shape index (κ1) is 18.6. The van der Waals surface area contributed by atoms with Crippen LogP contribution in [0.2, 0.25) is 0 Å². The first-order valence-electron chi connectivity index (χ1n) is 7.33. The zero-order chi connectivity index (χ0) is 18.4. The Morgan fingerprint density at radius 3 is 2.56 bits per heavy atom. The van der Waals surface area contributed by atoms with Crippen LogP contribution >= 0.6 is 15.9 Å². The molecule has 25 heavy (non-hydrogen) atoms. The van der Waals surface area contributed by atoms with Gasteiger partial charge in [0.2, 0.25) is 0 Å². The Morgan fingerprint density at radius 1 is 1.28 bits per heavy atom.